The second-order valence-electron chi connectivity index (χ2n) is 4.36. The highest BCUT2D eigenvalue weighted by Gasteiger charge is 2.10. The number of anilines is 2. The lowest BCUT2D eigenvalue weighted by molar-refractivity contribution is 0.0827. The van der Waals surface area contributed by atoms with Gasteiger partial charge in [0.25, 0.3) is 5.91 Å². The van der Waals surface area contributed by atoms with Crippen molar-refractivity contribution in [3.05, 3.63) is 23.8 Å². The van der Waals surface area contributed by atoms with Crippen LogP contribution in [0, 0.1) is 0 Å². The Labute approximate surface area is 116 Å². The molecule has 0 fully saturated rings. The number of carbonyl (C=O) groups excluding carboxylic acids is 1. The Morgan fingerprint density at radius 2 is 2.11 bits per heavy atom. The van der Waals surface area contributed by atoms with Gasteiger partial charge in [0.2, 0.25) is 0 Å². The number of rotatable bonds is 6. The van der Waals surface area contributed by atoms with Crippen molar-refractivity contribution in [1.29, 1.82) is 0 Å². The largest absolute Gasteiger partial charge is 0.397 e. The van der Waals surface area contributed by atoms with Gasteiger partial charge in [0, 0.05) is 48.5 Å². The summed E-state index contributed by atoms with van der Waals surface area (Å²) in [6.07, 6.45) is 0. The lowest BCUT2D eigenvalue weighted by atomic mass is 10.1. The van der Waals surface area contributed by atoms with Gasteiger partial charge in [-0.2, -0.15) is 0 Å². The third-order valence-corrected chi connectivity index (χ3v) is 3.98. The summed E-state index contributed by atoms with van der Waals surface area (Å²) in [5.74, 6) is 1.15. The van der Waals surface area contributed by atoms with Crippen LogP contribution in [0.25, 0.3) is 0 Å². The molecule has 106 valence electrons. The highest BCUT2D eigenvalue weighted by atomic mass is 32.2. The van der Waals surface area contributed by atoms with Gasteiger partial charge in [-0.15, -0.1) is 0 Å². The van der Waals surface area contributed by atoms with Crippen molar-refractivity contribution >= 4 is 28.1 Å². The summed E-state index contributed by atoms with van der Waals surface area (Å²) in [6, 6.07) is 5.13. The average Bonchev–Trinajstić information content (AvgIpc) is 2.39. The highest BCUT2D eigenvalue weighted by molar-refractivity contribution is 7.84. The van der Waals surface area contributed by atoms with Gasteiger partial charge in [-0.05, 0) is 18.2 Å². The summed E-state index contributed by atoms with van der Waals surface area (Å²) < 4.78 is 11.3. The van der Waals surface area contributed by atoms with Crippen molar-refractivity contribution in [2.24, 2.45) is 0 Å². The topological polar surface area (TPSA) is 75.4 Å². The van der Waals surface area contributed by atoms with Crippen LogP contribution in [0.2, 0.25) is 0 Å². The number of amides is 1. The van der Waals surface area contributed by atoms with Gasteiger partial charge in [0.05, 0.1) is 11.4 Å². The molecule has 0 aliphatic heterocycles. The number of nitrogens with one attached hydrogen (secondary N) is 1. The van der Waals surface area contributed by atoms with Crippen molar-refractivity contribution < 1.29 is 9.00 Å². The van der Waals surface area contributed by atoms with Crippen molar-refractivity contribution in [2.45, 2.75) is 6.92 Å². The second-order valence-corrected chi connectivity index (χ2v) is 6.23. The van der Waals surface area contributed by atoms with Gasteiger partial charge in [-0.3, -0.25) is 9.00 Å². The zero-order valence-corrected chi connectivity index (χ0v) is 12.4. The predicted molar refractivity (Wildman–Crippen MR) is 80.9 cm³/mol. The Balaban J connectivity index is 2.75. The SMILES string of the molecule is CCS(=O)CCNc1cc(C(=O)N(C)C)ccc1N. The summed E-state index contributed by atoms with van der Waals surface area (Å²) >= 11 is 0. The van der Waals surface area contributed by atoms with E-state index in [1.54, 1.807) is 32.3 Å². The van der Waals surface area contributed by atoms with Crippen LogP contribution in [-0.2, 0) is 10.8 Å². The average molecular weight is 283 g/mol. The predicted octanol–water partition coefficient (Wildman–Crippen LogP) is 1.15. The maximum atomic E-state index is 11.8. The summed E-state index contributed by atoms with van der Waals surface area (Å²) in [4.78, 5) is 13.4. The molecule has 0 spiro atoms. The molecule has 5 nitrogen and oxygen atoms in total. The Morgan fingerprint density at radius 3 is 2.68 bits per heavy atom. The zero-order valence-electron chi connectivity index (χ0n) is 11.6. The van der Waals surface area contributed by atoms with Crippen LogP contribution in [-0.4, -0.2) is 47.2 Å². The minimum atomic E-state index is -0.807. The van der Waals surface area contributed by atoms with Crippen LogP contribution < -0.4 is 11.1 Å². The normalized spacial score (nSPS) is 11.9. The molecular weight excluding hydrogens is 262 g/mol. The van der Waals surface area contributed by atoms with Crippen LogP contribution in [0.15, 0.2) is 18.2 Å². The number of nitrogens with zero attached hydrogens (tertiary/aromatic N) is 1. The molecule has 1 rings (SSSR count). The molecule has 6 heteroatoms. The molecule has 0 aliphatic rings. The van der Waals surface area contributed by atoms with Gasteiger partial charge < -0.3 is 16.0 Å². The first-order valence-electron chi connectivity index (χ1n) is 6.15. The number of hydrogen-bond donors (Lipinski definition) is 2. The Morgan fingerprint density at radius 1 is 1.42 bits per heavy atom. The van der Waals surface area contributed by atoms with E-state index in [4.69, 9.17) is 5.73 Å². The summed E-state index contributed by atoms with van der Waals surface area (Å²) in [7, 11) is 2.60. The van der Waals surface area contributed by atoms with E-state index in [9.17, 15) is 9.00 Å². The van der Waals surface area contributed by atoms with Crippen molar-refractivity contribution in [3.8, 4) is 0 Å². The molecule has 0 saturated heterocycles. The molecule has 1 amide bonds. The molecule has 1 aromatic carbocycles. The van der Waals surface area contributed by atoms with Gasteiger partial charge in [0.15, 0.2) is 0 Å². The molecule has 0 aromatic heterocycles. The number of hydrogen-bond acceptors (Lipinski definition) is 4. The minimum Gasteiger partial charge on any atom is -0.397 e. The first-order chi connectivity index (χ1) is 8.95. The van der Waals surface area contributed by atoms with Crippen molar-refractivity contribution in [1.82, 2.24) is 4.90 Å². The first-order valence-corrected chi connectivity index (χ1v) is 7.64. The lowest BCUT2D eigenvalue weighted by Crippen LogP contribution is -2.22. The molecule has 0 saturated carbocycles. The summed E-state index contributed by atoms with van der Waals surface area (Å²) in [5.41, 5.74) is 7.72. The summed E-state index contributed by atoms with van der Waals surface area (Å²) in [5, 5.41) is 3.12. The Hall–Kier alpha value is -1.56. The fourth-order valence-electron chi connectivity index (χ4n) is 1.54. The first kappa shape index (κ1) is 15.5. The molecule has 0 heterocycles. The zero-order chi connectivity index (χ0) is 14.4. The van der Waals surface area contributed by atoms with E-state index in [1.807, 2.05) is 6.92 Å². The Bertz CT molecular complexity index is 475. The maximum Gasteiger partial charge on any atom is 0.253 e. The number of nitrogens with two attached hydrogens (primary N) is 1. The molecular formula is C13H21N3O2S. The van der Waals surface area contributed by atoms with Gasteiger partial charge >= 0.3 is 0 Å². The van der Waals surface area contributed by atoms with E-state index in [1.165, 1.54) is 4.90 Å². The van der Waals surface area contributed by atoms with Gasteiger partial charge in [-0.25, -0.2) is 0 Å². The monoisotopic (exact) mass is 283 g/mol. The standard InChI is InChI=1S/C13H21N3O2S/c1-4-19(18)8-7-15-12-9-10(5-6-11(12)14)13(17)16(2)3/h5-6,9,15H,4,7-8,14H2,1-3H3. The fourth-order valence-corrected chi connectivity index (χ4v) is 2.16. The third-order valence-electron chi connectivity index (χ3n) is 2.67. The van der Waals surface area contributed by atoms with E-state index in [2.05, 4.69) is 5.32 Å². The molecule has 1 aromatic rings. The lowest BCUT2D eigenvalue weighted by Gasteiger charge is -2.13. The van der Waals surface area contributed by atoms with Gasteiger partial charge in [-0.1, -0.05) is 6.92 Å². The molecule has 1 atom stereocenters. The molecule has 3 N–H and O–H groups in total. The molecule has 0 radical (unpaired) electrons. The minimum absolute atomic E-state index is 0.0693. The number of carbonyl (C=O) groups is 1. The molecule has 0 bridgehead atoms. The smallest absolute Gasteiger partial charge is 0.253 e. The van der Waals surface area contributed by atoms with Crippen LogP contribution >= 0.6 is 0 Å². The highest BCUT2D eigenvalue weighted by Crippen LogP contribution is 2.20. The van der Waals surface area contributed by atoms with Crippen molar-refractivity contribution in [3.63, 3.8) is 0 Å². The maximum absolute atomic E-state index is 11.8. The fraction of sp³-hybridized carbons (Fsp3) is 0.462. The van der Waals surface area contributed by atoms with Crippen LogP contribution in [0.4, 0.5) is 11.4 Å². The van der Waals surface area contributed by atoms with E-state index in [-0.39, 0.29) is 5.91 Å². The van der Waals surface area contributed by atoms with E-state index >= 15 is 0 Å². The molecule has 1 unspecified atom stereocenters. The number of benzene rings is 1. The number of nitrogen functional groups attached to an aromatic ring is 1. The van der Waals surface area contributed by atoms with Crippen LogP contribution in [0.5, 0.6) is 0 Å². The van der Waals surface area contributed by atoms with Gasteiger partial charge in [0.1, 0.15) is 0 Å². The molecule has 0 aliphatic carbocycles. The Kier molecular flexibility index (Phi) is 5.82. The van der Waals surface area contributed by atoms with E-state index in [0.29, 0.717) is 35.0 Å². The van der Waals surface area contributed by atoms with E-state index in [0.717, 1.165) is 0 Å². The quantitative estimate of drug-likeness (QED) is 0.768. The van der Waals surface area contributed by atoms with Crippen LogP contribution in [0.1, 0.15) is 17.3 Å². The van der Waals surface area contributed by atoms with Crippen LogP contribution in [0.3, 0.4) is 0 Å². The second kappa shape index (κ2) is 7.13. The van der Waals surface area contributed by atoms with E-state index < -0.39 is 10.8 Å². The third kappa shape index (κ3) is 4.55. The molecule has 19 heavy (non-hydrogen) atoms. The summed E-state index contributed by atoms with van der Waals surface area (Å²) in [6.45, 7) is 2.46. The van der Waals surface area contributed by atoms with Crippen molar-refractivity contribution in [2.75, 3.05) is 43.2 Å².